The van der Waals surface area contributed by atoms with Gasteiger partial charge in [0.05, 0.1) is 12.6 Å². The third-order valence-electron chi connectivity index (χ3n) is 6.80. The van der Waals surface area contributed by atoms with Gasteiger partial charge in [-0.2, -0.15) is 0 Å². The van der Waals surface area contributed by atoms with Crippen LogP contribution in [0.4, 0.5) is 4.79 Å². The lowest BCUT2D eigenvalue weighted by Crippen LogP contribution is -2.39. The van der Waals surface area contributed by atoms with Crippen molar-refractivity contribution in [3.8, 4) is 11.5 Å². The van der Waals surface area contributed by atoms with Crippen LogP contribution in [0.2, 0.25) is 18.1 Å². The highest BCUT2D eigenvalue weighted by molar-refractivity contribution is 6.73. The summed E-state index contributed by atoms with van der Waals surface area (Å²) in [5.41, 5.74) is 0.925. The molecule has 2 amide bonds. The van der Waals surface area contributed by atoms with E-state index in [4.69, 9.17) is 28.1 Å². The van der Waals surface area contributed by atoms with E-state index in [1.807, 2.05) is 36.4 Å². The molecule has 0 saturated carbocycles. The Morgan fingerprint density at radius 1 is 1.02 bits per heavy atom. The van der Waals surface area contributed by atoms with Crippen LogP contribution in [0.15, 0.2) is 48.6 Å². The van der Waals surface area contributed by atoms with E-state index in [-0.39, 0.29) is 38.7 Å². The molecular weight excluding hydrogens is 530 g/mol. The van der Waals surface area contributed by atoms with Crippen molar-refractivity contribution in [1.82, 2.24) is 4.90 Å². The molecule has 1 aromatic rings. The minimum Gasteiger partial charge on any atom is -0.467 e. The van der Waals surface area contributed by atoms with Gasteiger partial charge < -0.3 is 28.1 Å². The SMILES string of the molecule is CC[Si](CC)(CC)O[C@H](/C=C/C(=O)N1CCOC1=O)CCC/C=C/C=C/c1cc(OCOC)cc(OCOC)c1. The van der Waals surface area contributed by atoms with Crippen LogP contribution < -0.4 is 9.47 Å². The number of ether oxygens (including phenoxy) is 5. The summed E-state index contributed by atoms with van der Waals surface area (Å²) in [6, 6.07) is 8.68. The molecule has 0 bridgehead atoms. The molecule has 0 radical (unpaired) electrons. The molecule has 2 rings (SSSR count). The number of carbonyl (C=O) groups excluding carboxylic acids is 2. The monoisotopic (exact) mass is 575 g/mol. The summed E-state index contributed by atoms with van der Waals surface area (Å²) in [5.74, 6) is 0.929. The van der Waals surface area contributed by atoms with Gasteiger partial charge in [0.2, 0.25) is 0 Å². The highest BCUT2D eigenvalue weighted by Gasteiger charge is 2.32. The van der Waals surface area contributed by atoms with Crippen LogP contribution in [0.25, 0.3) is 6.08 Å². The van der Waals surface area contributed by atoms with E-state index >= 15 is 0 Å². The molecule has 1 fully saturated rings. The number of methoxy groups -OCH3 is 2. The van der Waals surface area contributed by atoms with Gasteiger partial charge in [0.1, 0.15) is 18.1 Å². The Morgan fingerprint density at radius 2 is 1.68 bits per heavy atom. The van der Waals surface area contributed by atoms with E-state index in [0.29, 0.717) is 11.5 Å². The Labute approximate surface area is 239 Å². The number of carbonyl (C=O) groups is 2. The summed E-state index contributed by atoms with van der Waals surface area (Å²) in [6.07, 6.45) is 13.2. The summed E-state index contributed by atoms with van der Waals surface area (Å²) in [7, 11) is 1.27. The normalized spacial score (nSPS) is 14.9. The molecule has 1 heterocycles. The molecule has 222 valence electrons. The number of unbranched alkanes of at least 4 members (excludes halogenated alkanes) is 1. The van der Waals surface area contributed by atoms with Crippen LogP contribution >= 0.6 is 0 Å². The maximum atomic E-state index is 12.5. The van der Waals surface area contributed by atoms with Crippen molar-refractivity contribution in [2.24, 2.45) is 0 Å². The topological polar surface area (TPSA) is 92.8 Å². The van der Waals surface area contributed by atoms with Gasteiger partial charge in [-0.05, 0) is 55.1 Å². The number of allylic oxidation sites excluding steroid dienone is 3. The fourth-order valence-electron chi connectivity index (χ4n) is 4.28. The van der Waals surface area contributed by atoms with Gasteiger partial charge in [-0.1, -0.05) is 51.2 Å². The standard InChI is InChI=1S/C30H45NO8Si/c1-6-40(7-2,8-3)39-26(16-17-29(32)31-18-19-36-30(31)33)15-13-11-9-10-12-14-25-20-27(37-23-34-4)22-28(21-25)38-24-35-5/h9-10,12,14,16-17,20-22,26H,6-8,11,13,15,18-19,23-24H2,1-5H3/b10-9+,14-12+,17-16+/t26-/m0/s1. The smallest absolute Gasteiger partial charge is 0.416 e. The Balaban J connectivity index is 1.97. The zero-order chi connectivity index (χ0) is 29.2. The van der Waals surface area contributed by atoms with E-state index in [0.717, 1.165) is 47.9 Å². The second-order valence-corrected chi connectivity index (χ2v) is 14.1. The molecule has 0 unspecified atom stereocenters. The molecule has 0 spiro atoms. The molecule has 0 aliphatic carbocycles. The van der Waals surface area contributed by atoms with E-state index in [1.165, 1.54) is 6.08 Å². The highest BCUT2D eigenvalue weighted by atomic mass is 28.4. The number of benzene rings is 1. The minimum atomic E-state index is -1.88. The van der Waals surface area contributed by atoms with Gasteiger partial charge in [0.15, 0.2) is 21.9 Å². The van der Waals surface area contributed by atoms with Crippen molar-refractivity contribution in [2.45, 2.75) is 64.3 Å². The number of hydrogen-bond donors (Lipinski definition) is 0. The number of rotatable bonds is 19. The number of cyclic esters (lactones) is 1. The first-order chi connectivity index (χ1) is 19.4. The Bertz CT molecular complexity index is 971. The highest BCUT2D eigenvalue weighted by Crippen LogP contribution is 2.26. The zero-order valence-corrected chi connectivity index (χ0v) is 25.6. The van der Waals surface area contributed by atoms with Gasteiger partial charge >= 0.3 is 6.09 Å². The molecular formula is C30H45NO8Si. The number of amides is 2. The summed E-state index contributed by atoms with van der Waals surface area (Å²) in [5, 5.41) is 0. The van der Waals surface area contributed by atoms with Crippen molar-refractivity contribution < 1.29 is 37.7 Å². The van der Waals surface area contributed by atoms with E-state index in [1.54, 1.807) is 20.3 Å². The predicted molar refractivity (Wildman–Crippen MR) is 158 cm³/mol. The van der Waals surface area contributed by atoms with Gasteiger partial charge in [0.25, 0.3) is 5.91 Å². The fraction of sp³-hybridized carbons (Fsp3) is 0.533. The molecule has 1 aliphatic heterocycles. The number of hydrogen-bond acceptors (Lipinski definition) is 8. The summed E-state index contributed by atoms with van der Waals surface area (Å²) in [4.78, 5) is 25.3. The second kappa shape index (κ2) is 18.4. The first-order valence-corrected chi connectivity index (χ1v) is 16.5. The molecule has 0 aromatic heterocycles. The molecule has 9 nitrogen and oxygen atoms in total. The van der Waals surface area contributed by atoms with Crippen molar-refractivity contribution in [2.75, 3.05) is 41.0 Å². The third-order valence-corrected chi connectivity index (χ3v) is 11.5. The minimum absolute atomic E-state index is 0.147. The molecule has 10 heteroatoms. The predicted octanol–water partition coefficient (Wildman–Crippen LogP) is 6.32. The first-order valence-electron chi connectivity index (χ1n) is 14.0. The lowest BCUT2D eigenvalue weighted by atomic mass is 10.1. The quantitative estimate of drug-likeness (QED) is 0.0622. The Morgan fingerprint density at radius 3 is 2.23 bits per heavy atom. The molecule has 0 N–H and O–H groups in total. The maximum absolute atomic E-state index is 12.5. The lowest BCUT2D eigenvalue weighted by molar-refractivity contribution is -0.122. The average Bonchev–Trinajstić information content (AvgIpc) is 3.41. The summed E-state index contributed by atoms with van der Waals surface area (Å²) in [6.45, 7) is 7.38. The van der Waals surface area contributed by atoms with Crippen molar-refractivity contribution >= 4 is 26.4 Å². The van der Waals surface area contributed by atoms with Crippen LogP contribution in [0, 0.1) is 0 Å². The number of imide groups is 1. The summed E-state index contributed by atoms with van der Waals surface area (Å²) < 4.78 is 32.7. The largest absolute Gasteiger partial charge is 0.467 e. The third kappa shape index (κ3) is 11.3. The van der Waals surface area contributed by atoms with Gasteiger partial charge in [0, 0.05) is 26.4 Å². The Kier molecular flexibility index (Phi) is 15.3. The molecule has 1 saturated heterocycles. The zero-order valence-electron chi connectivity index (χ0n) is 24.6. The van der Waals surface area contributed by atoms with Crippen molar-refractivity contribution in [3.63, 3.8) is 0 Å². The van der Waals surface area contributed by atoms with Gasteiger partial charge in [-0.3, -0.25) is 4.79 Å². The van der Waals surface area contributed by atoms with Crippen LogP contribution in [0.5, 0.6) is 11.5 Å². The lowest BCUT2D eigenvalue weighted by Gasteiger charge is -2.32. The molecule has 1 aromatic carbocycles. The van der Waals surface area contributed by atoms with Crippen LogP contribution in [0.1, 0.15) is 45.6 Å². The van der Waals surface area contributed by atoms with Crippen LogP contribution in [-0.4, -0.2) is 72.3 Å². The molecule has 40 heavy (non-hydrogen) atoms. The fourth-order valence-corrected chi connectivity index (χ4v) is 7.12. The first kappa shape index (κ1) is 33.3. The van der Waals surface area contributed by atoms with Crippen molar-refractivity contribution in [1.29, 1.82) is 0 Å². The van der Waals surface area contributed by atoms with Crippen LogP contribution in [0.3, 0.4) is 0 Å². The average molecular weight is 576 g/mol. The van der Waals surface area contributed by atoms with Gasteiger partial charge in [-0.15, -0.1) is 0 Å². The number of nitrogens with zero attached hydrogens (tertiary/aromatic N) is 1. The van der Waals surface area contributed by atoms with Crippen molar-refractivity contribution in [3.05, 3.63) is 54.1 Å². The molecule has 1 atom stereocenters. The summed E-state index contributed by atoms with van der Waals surface area (Å²) >= 11 is 0. The van der Waals surface area contributed by atoms with Crippen LogP contribution in [-0.2, 0) is 23.4 Å². The van der Waals surface area contributed by atoms with E-state index < -0.39 is 14.4 Å². The second-order valence-electron chi connectivity index (χ2n) is 9.42. The van der Waals surface area contributed by atoms with E-state index in [2.05, 4.69) is 26.8 Å². The maximum Gasteiger partial charge on any atom is 0.416 e. The van der Waals surface area contributed by atoms with E-state index in [9.17, 15) is 9.59 Å². The molecule has 1 aliphatic rings. The Hall–Kier alpha value is -2.92. The van der Waals surface area contributed by atoms with Gasteiger partial charge in [-0.25, -0.2) is 9.69 Å².